The first kappa shape index (κ1) is 20.7. The fraction of sp³-hybridized carbons (Fsp3) is 0.400. The van der Waals surface area contributed by atoms with Crippen LogP contribution in [0.5, 0.6) is 0 Å². The molecule has 11 heteroatoms. The number of nitrogens with two attached hydrogens (primary N) is 1. The highest BCUT2D eigenvalue weighted by Gasteiger charge is 2.26. The molecule has 1 aliphatic heterocycles. The van der Waals surface area contributed by atoms with E-state index in [0.29, 0.717) is 18.7 Å². The summed E-state index contributed by atoms with van der Waals surface area (Å²) < 4.78 is 6.10. The van der Waals surface area contributed by atoms with E-state index in [4.69, 9.17) is 10.4 Å². The van der Waals surface area contributed by atoms with Gasteiger partial charge in [0.2, 0.25) is 11.6 Å². The van der Waals surface area contributed by atoms with Gasteiger partial charge in [-0.2, -0.15) is 9.78 Å². The fourth-order valence-corrected chi connectivity index (χ4v) is 3.55. The molecule has 1 aliphatic rings. The second kappa shape index (κ2) is 9.94. The Kier molecular flexibility index (Phi) is 6.62. The number of nitrogen functional groups attached to an aromatic ring is 1. The molecule has 0 spiro atoms. The van der Waals surface area contributed by atoms with Gasteiger partial charge in [0, 0.05) is 12.8 Å². The third-order valence-electron chi connectivity index (χ3n) is 5.16. The number of rotatable bonds is 8. The van der Waals surface area contributed by atoms with Crippen LogP contribution in [0.2, 0.25) is 0 Å². The number of aromatic nitrogens is 5. The van der Waals surface area contributed by atoms with Crippen molar-refractivity contribution in [2.45, 2.75) is 38.6 Å². The Balaban J connectivity index is 1.45. The number of carbonyl (C=O) groups is 1. The van der Waals surface area contributed by atoms with Crippen molar-refractivity contribution in [1.29, 1.82) is 0 Å². The third-order valence-corrected chi connectivity index (χ3v) is 5.16. The van der Waals surface area contributed by atoms with E-state index in [9.17, 15) is 4.79 Å². The molecule has 0 atom stereocenters. The summed E-state index contributed by atoms with van der Waals surface area (Å²) in [6.45, 7) is 2.37. The molecule has 4 rings (SSSR count). The van der Waals surface area contributed by atoms with E-state index in [0.717, 1.165) is 32.4 Å². The molecule has 0 aliphatic carbocycles. The lowest BCUT2D eigenvalue weighted by Gasteiger charge is -2.26. The average molecular weight is 423 g/mol. The predicted molar refractivity (Wildman–Crippen MR) is 113 cm³/mol. The topological polar surface area (TPSA) is 140 Å². The molecule has 0 bridgehead atoms. The number of hydrogen-bond acceptors (Lipinski definition) is 9. The number of amides is 1. The highest BCUT2D eigenvalue weighted by Crippen LogP contribution is 2.19. The van der Waals surface area contributed by atoms with E-state index in [-0.39, 0.29) is 17.3 Å². The van der Waals surface area contributed by atoms with Crippen LogP contribution in [0, 0.1) is 0 Å². The summed E-state index contributed by atoms with van der Waals surface area (Å²) in [4.78, 5) is 15.0. The molecule has 0 radical (unpaired) electrons. The minimum atomic E-state index is -0.441. The van der Waals surface area contributed by atoms with E-state index in [1.165, 1.54) is 16.7 Å². The van der Waals surface area contributed by atoms with Crippen molar-refractivity contribution in [2.75, 3.05) is 18.8 Å². The fourth-order valence-electron chi connectivity index (χ4n) is 3.55. The van der Waals surface area contributed by atoms with Crippen LogP contribution in [-0.2, 0) is 13.0 Å². The first-order valence-electron chi connectivity index (χ1n) is 10.3. The highest BCUT2D eigenvalue weighted by molar-refractivity contribution is 5.93. The SMILES string of the molecule is Nc1nonc1-n1nnc(C(=O)N/N=C/CCc2ccccc2)c1CN1CCCCC1. The number of hydrogen-bond donors (Lipinski definition) is 2. The van der Waals surface area contributed by atoms with Gasteiger partial charge in [0.05, 0.1) is 5.69 Å². The zero-order chi connectivity index (χ0) is 21.5. The molecular formula is C20H25N9O2. The normalized spacial score (nSPS) is 14.8. The number of anilines is 1. The summed E-state index contributed by atoms with van der Waals surface area (Å²) in [5.41, 5.74) is 10.3. The van der Waals surface area contributed by atoms with Gasteiger partial charge >= 0.3 is 0 Å². The Labute approximate surface area is 179 Å². The van der Waals surface area contributed by atoms with Crippen molar-refractivity contribution in [1.82, 2.24) is 35.6 Å². The van der Waals surface area contributed by atoms with Gasteiger partial charge in [-0.1, -0.05) is 42.0 Å². The molecule has 3 heterocycles. The largest absolute Gasteiger partial charge is 0.378 e. The second-order valence-electron chi connectivity index (χ2n) is 7.38. The monoisotopic (exact) mass is 423 g/mol. The summed E-state index contributed by atoms with van der Waals surface area (Å²) in [6, 6.07) is 10.1. The lowest BCUT2D eigenvalue weighted by atomic mass is 10.1. The van der Waals surface area contributed by atoms with Gasteiger partial charge in [-0.3, -0.25) is 9.69 Å². The highest BCUT2D eigenvalue weighted by atomic mass is 16.6. The molecule has 0 unspecified atom stereocenters. The van der Waals surface area contributed by atoms with Crippen LogP contribution < -0.4 is 11.2 Å². The zero-order valence-electron chi connectivity index (χ0n) is 17.1. The summed E-state index contributed by atoms with van der Waals surface area (Å²) >= 11 is 0. The minimum Gasteiger partial charge on any atom is -0.378 e. The maximum Gasteiger partial charge on any atom is 0.293 e. The summed E-state index contributed by atoms with van der Waals surface area (Å²) in [5, 5.41) is 19.6. The predicted octanol–water partition coefficient (Wildman–Crippen LogP) is 1.57. The molecule has 3 N–H and O–H groups in total. The van der Waals surface area contributed by atoms with Gasteiger partial charge in [-0.15, -0.1) is 5.10 Å². The molecular weight excluding hydrogens is 398 g/mol. The molecule has 1 aromatic carbocycles. The summed E-state index contributed by atoms with van der Waals surface area (Å²) in [7, 11) is 0. The number of aryl methyl sites for hydroxylation is 1. The zero-order valence-corrected chi connectivity index (χ0v) is 17.1. The summed E-state index contributed by atoms with van der Waals surface area (Å²) in [6.07, 6.45) is 6.66. The number of carbonyl (C=O) groups excluding carboxylic acids is 1. The maximum absolute atomic E-state index is 12.8. The van der Waals surface area contributed by atoms with Gasteiger partial charge in [-0.25, -0.2) is 10.1 Å². The molecule has 0 saturated carbocycles. The Morgan fingerprint density at radius 3 is 2.74 bits per heavy atom. The number of hydrazone groups is 1. The number of likely N-dealkylation sites (tertiary alicyclic amines) is 1. The van der Waals surface area contributed by atoms with Crippen LogP contribution in [0.15, 0.2) is 40.1 Å². The molecule has 1 saturated heterocycles. The van der Waals surface area contributed by atoms with Crippen LogP contribution in [0.25, 0.3) is 5.82 Å². The lowest BCUT2D eigenvalue weighted by molar-refractivity contribution is 0.0947. The molecule has 3 aromatic rings. The smallest absolute Gasteiger partial charge is 0.293 e. The molecule has 1 amide bonds. The number of piperidine rings is 1. The van der Waals surface area contributed by atoms with Crippen LogP contribution >= 0.6 is 0 Å². The molecule has 2 aromatic heterocycles. The van der Waals surface area contributed by atoms with E-state index >= 15 is 0 Å². The van der Waals surface area contributed by atoms with Crippen molar-refractivity contribution < 1.29 is 9.42 Å². The number of nitrogens with one attached hydrogen (secondary N) is 1. The van der Waals surface area contributed by atoms with Crippen molar-refractivity contribution >= 4 is 17.9 Å². The van der Waals surface area contributed by atoms with Crippen LogP contribution in [0.3, 0.4) is 0 Å². The van der Waals surface area contributed by atoms with Crippen molar-refractivity contribution in [3.8, 4) is 5.82 Å². The van der Waals surface area contributed by atoms with E-state index < -0.39 is 5.91 Å². The van der Waals surface area contributed by atoms with Gasteiger partial charge < -0.3 is 5.73 Å². The van der Waals surface area contributed by atoms with Crippen LogP contribution in [-0.4, -0.2) is 55.4 Å². The molecule has 11 nitrogen and oxygen atoms in total. The molecule has 1 fully saturated rings. The van der Waals surface area contributed by atoms with Crippen molar-refractivity contribution in [3.05, 3.63) is 47.3 Å². The lowest BCUT2D eigenvalue weighted by Crippen LogP contribution is -2.31. The quantitative estimate of drug-likeness (QED) is 0.411. The van der Waals surface area contributed by atoms with Crippen molar-refractivity contribution in [3.63, 3.8) is 0 Å². The minimum absolute atomic E-state index is 0.0793. The first-order valence-corrected chi connectivity index (χ1v) is 10.3. The number of benzene rings is 1. The second-order valence-corrected chi connectivity index (χ2v) is 7.38. The Morgan fingerprint density at radius 2 is 2.00 bits per heavy atom. The molecule has 162 valence electrons. The van der Waals surface area contributed by atoms with Crippen LogP contribution in [0.4, 0.5) is 5.82 Å². The summed E-state index contributed by atoms with van der Waals surface area (Å²) in [5.74, 6) is -0.148. The Bertz CT molecular complexity index is 1020. The van der Waals surface area contributed by atoms with Crippen molar-refractivity contribution in [2.24, 2.45) is 5.10 Å². The van der Waals surface area contributed by atoms with Gasteiger partial charge in [0.15, 0.2) is 5.69 Å². The van der Waals surface area contributed by atoms with Gasteiger partial charge in [0.1, 0.15) is 0 Å². The molecule has 31 heavy (non-hydrogen) atoms. The maximum atomic E-state index is 12.8. The van der Waals surface area contributed by atoms with Gasteiger partial charge in [0.25, 0.3) is 5.91 Å². The Morgan fingerprint density at radius 1 is 1.19 bits per heavy atom. The number of nitrogens with zero attached hydrogens (tertiary/aromatic N) is 7. The Hall–Kier alpha value is -3.60. The van der Waals surface area contributed by atoms with E-state index in [1.54, 1.807) is 6.21 Å². The standard InChI is InChI=1S/C20H25N9O2/c21-18-19(26-31-25-18)29-16(14-28-12-5-2-6-13-28)17(23-27-29)20(30)24-22-11-7-10-15-8-3-1-4-9-15/h1,3-4,8-9,11H,2,5-7,10,12-14H2,(H2,21,25)(H,24,30)/b22-11+. The van der Waals surface area contributed by atoms with Gasteiger partial charge in [-0.05, 0) is 54.6 Å². The average Bonchev–Trinajstić information content (AvgIpc) is 3.40. The van der Waals surface area contributed by atoms with E-state index in [2.05, 4.69) is 48.2 Å². The van der Waals surface area contributed by atoms with E-state index in [1.807, 2.05) is 18.2 Å². The van der Waals surface area contributed by atoms with Crippen LogP contribution in [0.1, 0.15) is 47.4 Å². The third kappa shape index (κ3) is 5.12. The first-order chi connectivity index (χ1) is 15.2.